The molecule has 1 amide bonds. The summed E-state index contributed by atoms with van der Waals surface area (Å²) in [7, 11) is 0. The van der Waals surface area contributed by atoms with E-state index in [1.54, 1.807) is 30.3 Å². The second-order valence-electron chi connectivity index (χ2n) is 8.47. The Morgan fingerprint density at radius 1 is 0.757 bits per heavy atom. The maximum absolute atomic E-state index is 13.6. The summed E-state index contributed by atoms with van der Waals surface area (Å²) in [5.74, 6) is -1.68. The highest BCUT2D eigenvalue weighted by Gasteiger charge is 2.41. The Morgan fingerprint density at radius 2 is 1.22 bits per heavy atom. The molecule has 0 heterocycles. The third-order valence-corrected chi connectivity index (χ3v) is 5.73. The van der Waals surface area contributed by atoms with Crippen LogP contribution in [0.4, 0.5) is 26.3 Å². The average molecular weight is 523 g/mol. The molecule has 3 aromatic rings. The number of hydrogen-bond acceptors (Lipinski definition) is 3. The molecule has 10 heteroatoms. The maximum atomic E-state index is 13.6. The number of nitrogens with one attached hydrogen (secondary N) is 1. The molecule has 0 bridgehead atoms. The van der Waals surface area contributed by atoms with Gasteiger partial charge in [0.25, 0.3) is 5.91 Å². The van der Waals surface area contributed by atoms with Crippen molar-refractivity contribution in [1.29, 1.82) is 0 Å². The van der Waals surface area contributed by atoms with Crippen molar-refractivity contribution in [2.24, 2.45) is 0 Å². The predicted molar refractivity (Wildman–Crippen MR) is 123 cm³/mol. The van der Waals surface area contributed by atoms with Crippen LogP contribution in [0.15, 0.2) is 78.9 Å². The molecule has 196 valence electrons. The third kappa shape index (κ3) is 6.69. The molecule has 1 atom stereocenters. The van der Waals surface area contributed by atoms with E-state index in [9.17, 15) is 35.9 Å². The van der Waals surface area contributed by atoms with Crippen molar-refractivity contribution in [3.8, 4) is 0 Å². The van der Waals surface area contributed by atoms with Crippen LogP contribution in [0.25, 0.3) is 0 Å². The Labute approximate surface area is 209 Å². The minimum absolute atomic E-state index is 0.103. The van der Waals surface area contributed by atoms with E-state index in [-0.39, 0.29) is 17.5 Å². The van der Waals surface area contributed by atoms with Crippen molar-refractivity contribution in [3.05, 3.63) is 107 Å². The monoisotopic (exact) mass is 523 g/mol. The molecule has 0 spiro atoms. The summed E-state index contributed by atoms with van der Waals surface area (Å²) in [6.45, 7) is 2.32. The van der Waals surface area contributed by atoms with Crippen LogP contribution in [0.1, 0.15) is 41.7 Å². The number of carbonyl (C=O) groups excluding carboxylic acids is 2. The zero-order valence-corrected chi connectivity index (χ0v) is 19.8. The smallest absolute Gasteiger partial charge is 0.416 e. The van der Waals surface area contributed by atoms with Gasteiger partial charge in [-0.05, 0) is 47.9 Å². The molecular weight excluding hydrogens is 500 g/mol. The van der Waals surface area contributed by atoms with E-state index in [2.05, 4.69) is 5.32 Å². The fourth-order valence-corrected chi connectivity index (χ4v) is 4.00. The lowest BCUT2D eigenvalue weighted by atomic mass is 9.76. The topological polar surface area (TPSA) is 55.4 Å². The summed E-state index contributed by atoms with van der Waals surface area (Å²) in [5.41, 5.74) is -3.66. The van der Waals surface area contributed by atoms with Crippen molar-refractivity contribution in [3.63, 3.8) is 0 Å². The summed E-state index contributed by atoms with van der Waals surface area (Å²) < 4.78 is 86.8. The first-order valence-electron chi connectivity index (χ1n) is 11.1. The van der Waals surface area contributed by atoms with Crippen LogP contribution >= 0.6 is 0 Å². The van der Waals surface area contributed by atoms with Crippen molar-refractivity contribution < 1.29 is 40.7 Å². The molecule has 0 aliphatic heterocycles. The molecule has 0 aromatic heterocycles. The van der Waals surface area contributed by atoms with Gasteiger partial charge >= 0.3 is 18.3 Å². The molecule has 0 aliphatic carbocycles. The van der Waals surface area contributed by atoms with Crippen LogP contribution in [0.2, 0.25) is 0 Å². The molecule has 0 radical (unpaired) electrons. The normalized spacial score (nSPS) is 13.1. The zero-order chi connectivity index (χ0) is 27.4. The van der Waals surface area contributed by atoms with Crippen LogP contribution < -0.4 is 5.32 Å². The number of amides is 1. The fraction of sp³-hybridized carbons (Fsp3) is 0.259. The van der Waals surface area contributed by atoms with E-state index in [4.69, 9.17) is 4.74 Å². The SMILES string of the molecule is CC(=O)OC(C)C(=O)NC(Cc1ccccc1)(c1cccc(C(F)(F)F)c1)c1cccc(C(F)(F)F)c1. The molecular formula is C27H23F6NO3. The Kier molecular flexibility index (Phi) is 8.00. The van der Waals surface area contributed by atoms with Gasteiger partial charge in [0.2, 0.25) is 0 Å². The van der Waals surface area contributed by atoms with E-state index in [1.165, 1.54) is 19.1 Å². The standard InChI is InChI=1S/C27H23F6NO3/c1-17(37-18(2)35)24(36)34-25(16-19-8-4-3-5-9-19,20-10-6-12-22(14-20)26(28,29)30)21-11-7-13-23(15-21)27(31,32)33/h3-15,17H,16H2,1-2H3,(H,34,36). The number of hydrogen-bond donors (Lipinski definition) is 1. The Hall–Kier alpha value is -3.82. The molecule has 0 saturated heterocycles. The van der Waals surface area contributed by atoms with Crippen molar-refractivity contribution in [2.45, 2.75) is 44.3 Å². The molecule has 37 heavy (non-hydrogen) atoms. The number of benzene rings is 3. The summed E-state index contributed by atoms with van der Waals surface area (Å²) in [6, 6.07) is 16.4. The van der Waals surface area contributed by atoms with Gasteiger partial charge in [-0.15, -0.1) is 0 Å². The molecule has 0 saturated carbocycles. The van der Waals surface area contributed by atoms with Gasteiger partial charge in [-0.1, -0.05) is 54.6 Å². The minimum Gasteiger partial charge on any atom is -0.453 e. The number of halogens is 6. The number of alkyl halides is 6. The highest BCUT2D eigenvalue weighted by Crippen LogP contribution is 2.39. The lowest BCUT2D eigenvalue weighted by molar-refractivity contribution is -0.153. The molecule has 3 rings (SSSR count). The summed E-state index contributed by atoms with van der Waals surface area (Å²) >= 11 is 0. The first-order chi connectivity index (χ1) is 17.2. The van der Waals surface area contributed by atoms with Gasteiger partial charge in [0.15, 0.2) is 6.10 Å². The number of carbonyl (C=O) groups is 2. The summed E-state index contributed by atoms with van der Waals surface area (Å²) in [6.07, 6.45) is -11.1. The highest BCUT2D eigenvalue weighted by atomic mass is 19.4. The van der Waals surface area contributed by atoms with Crippen molar-refractivity contribution in [1.82, 2.24) is 5.32 Å². The van der Waals surface area contributed by atoms with Crippen LogP contribution in [-0.2, 0) is 38.6 Å². The second-order valence-corrected chi connectivity index (χ2v) is 8.47. The maximum Gasteiger partial charge on any atom is 0.416 e. The lowest BCUT2D eigenvalue weighted by Gasteiger charge is -2.38. The lowest BCUT2D eigenvalue weighted by Crippen LogP contribution is -2.52. The fourth-order valence-electron chi connectivity index (χ4n) is 4.00. The number of ether oxygens (including phenoxy) is 1. The van der Waals surface area contributed by atoms with E-state index in [0.717, 1.165) is 43.3 Å². The van der Waals surface area contributed by atoms with Gasteiger partial charge in [-0.2, -0.15) is 26.3 Å². The average Bonchev–Trinajstić information content (AvgIpc) is 2.83. The van der Waals surface area contributed by atoms with Crippen LogP contribution in [0.3, 0.4) is 0 Å². The molecule has 4 nitrogen and oxygen atoms in total. The van der Waals surface area contributed by atoms with Gasteiger partial charge in [0.05, 0.1) is 16.7 Å². The van der Waals surface area contributed by atoms with Crippen molar-refractivity contribution >= 4 is 11.9 Å². The third-order valence-electron chi connectivity index (χ3n) is 5.73. The van der Waals surface area contributed by atoms with Gasteiger partial charge in [-0.3, -0.25) is 9.59 Å². The minimum atomic E-state index is -4.75. The Bertz CT molecular complexity index is 1200. The quantitative estimate of drug-likeness (QED) is 0.293. The summed E-state index contributed by atoms with van der Waals surface area (Å²) in [4.78, 5) is 24.6. The number of rotatable bonds is 7. The largest absolute Gasteiger partial charge is 0.453 e. The van der Waals surface area contributed by atoms with Gasteiger partial charge < -0.3 is 10.1 Å². The molecule has 1 unspecified atom stereocenters. The van der Waals surface area contributed by atoms with E-state index in [0.29, 0.717) is 5.56 Å². The van der Waals surface area contributed by atoms with Crippen LogP contribution in [-0.4, -0.2) is 18.0 Å². The molecule has 0 aliphatic rings. The first-order valence-corrected chi connectivity index (χ1v) is 11.1. The second kappa shape index (κ2) is 10.7. The van der Waals surface area contributed by atoms with Gasteiger partial charge in [-0.25, -0.2) is 0 Å². The Morgan fingerprint density at radius 3 is 1.65 bits per heavy atom. The van der Waals surface area contributed by atoms with E-state index < -0.39 is 47.0 Å². The van der Waals surface area contributed by atoms with E-state index in [1.807, 2.05) is 0 Å². The highest BCUT2D eigenvalue weighted by molar-refractivity contribution is 5.84. The zero-order valence-electron chi connectivity index (χ0n) is 19.8. The van der Waals surface area contributed by atoms with Crippen molar-refractivity contribution in [2.75, 3.05) is 0 Å². The molecule has 1 N–H and O–H groups in total. The van der Waals surface area contributed by atoms with Gasteiger partial charge in [0.1, 0.15) is 0 Å². The molecule has 0 fully saturated rings. The van der Waals surface area contributed by atoms with E-state index >= 15 is 0 Å². The summed E-state index contributed by atoms with van der Waals surface area (Å²) in [5, 5.41) is 2.62. The van der Waals surface area contributed by atoms with Crippen LogP contribution in [0, 0.1) is 0 Å². The first kappa shape index (κ1) is 27.8. The van der Waals surface area contributed by atoms with Gasteiger partial charge in [0, 0.05) is 13.3 Å². The predicted octanol–water partition coefficient (Wildman–Crippen LogP) is 6.28. The van der Waals surface area contributed by atoms with Crippen LogP contribution in [0.5, 0.6) is 0 Å². The number of esters is 1. The Balaban J connectivity index is 2.32. The molecule has 3 aromatic carbocycles.